The third-order valence-electron chi connectivity index (χ3n) is 4.16. The highest BCUT2D eigenvalue weighted by Crippen LogP contribution is 2.26. The van der Waals surface area contributed by atoms with E-state index in [1.54, 1.807) is 4.68 Å². The maximum Gasteiger partial charge on any atom is 0.269 e. The number of hydrogen-bond donors (Lipinski definition) is 1. The minimum absolute atomic E-state index is 0.0386. The number of para-hydroxylation sites is 1. The third-order valence-corrected chi connectivity index (χ3v) is 4.16. The third kappa shape index (κ3) is 4.98. The van der Waals surface area contributed by atoms with Crippen LogP contribution < -0.4 is 10.1 Å². The Morgan fingerprint density at radius 1 is 1.14 bits per heavy atom. The lowest BCUT2D eigenvalue weighted by Gasteiger charge is -2.14. The summed E-state index contributed by atoms with van der Waals surface area (Å²) in [6.45, 7) is 5.92. The van der Waals surface area contributed by atoms with Gasteiger partial charge in [-0.2, -0.15) is 5.10 Å². The van der Waals surface area contributed by atoms with Crippen molar-refractivity contribution in [1.29, 1.82) is 0 Å². The first-order valence-corrected chi connectivity index (χ1v) is 9.07. The van der Waals surface area contributed by atoms with Gasteiger partial charge in [-0.1, -0.05) is 39.0 Å². The van der Waals surface area contributed by atoms with E-state index in [1.807, 2.05) is 57.2 Å². The molecule has 0 saturated carbocycles. The van der Waals surface area contributed by atoms with Gasteiger partial charge in [0.2, 0.25) is 0 Å². The van der Waals surface area contributed by atoms with Crippen LogP contribution in [0.2, 0.25) is 0 Å². The molecule has 1 aromatic heterocycles. The highest BCUT2D eigenvalue weighted by atomic mass is 16.6. The van der Waals surface area contributed by atoms with Gasteiger partial charge in [-0.05, 0) is 24.3 Å². The van der Waals surface area contributed by atoms with E-state index in [1.165, 1.54) is 24.3 Å². The largest absolute Gasteiger partial charge is 0.484 e. The zero-order valence-electron chi connectivity index (χ0n) is 16.5. The quantitative estimate of drug-likeness (QED) is 0.501. The predicted octanol–water partition coefficient (Wildman–Crippen LogP) is 4.10. The lowest BCUT2D eigenvalue weighted by molar-refractivity contribution is -0.384. The van der Waals surface area contributed by atoms with E-state index in [0.717, 1.165) is 11.4 Å². The zero-order valence-corrected chi connectivity index (χ0v) is 16.5. The second-order valence-electron chi connectivity index (χ2n) is 7.50. The van der Waals surface area contributed by atoms with E-state index in [-0.39, 0.29) is 23.6 Å². The van der Waals surface area contributed by atoms with E-state index in [2.05, 4.69) is 10.4 Å². The average molecular weight is 394 g/mol. The van der Waals surface area contributed by atoms with E-state index in [4.69, 9.17) is 4.74 Å². The number of nitrogens with zero attached hydrogens (tertiary/aromatic N) is 3. The molecule has 8 heteroatoms. The number of rotatable bonds is 6. The Balaban J connectivity index is 1.74. The summed E-state index contributed by atoms with van der Waals surface area (Å²) in [5.41, 5.74) is 1.44. The van der Waals surface area contributed by atoms with Crippen molar-refractivity contribution in [3.8, 4) is 11.4 Å². The van der Waals surface area contributed by atoms with Gasteiger partial charge in [0.25, 0.3) is 11.6 Å². The number of hydrogen-bond acceptors (Lipinski definition) is 5. The van der Waals surface area contributed by atoms with Crippen LogP contribution in [0, 0.1) is 10.1 Å². The number of aromatic nitrogens is 2. The van der Waals surface area contributed by atoms with Crippen LogP contribution in [0.4, 0.5) is 11.5 Å². The van der Waals surface area contributed by atoms with Crippen molar-refractivity contribution in [3.05, 3.63) is 76.5 Å². The Morgan fingerprint density at radius 3 is 2.38 bits per heavy atom. The molecule has 1 N–H and O–H groups in total. The molecule has 0 aliphatic heterocycles. The van der Waals surface area contributed by atoms with Crippen LogP contribution in [0.25, 0.3) is 5.69 Å². The van der Waals surface area contributed by atoms with Gasteiger partial charge in [0.05, 0.1) is 16.3 Å². The van der Waals surface area contributed by atoms with E-state index in [0.29, 0.717) is 11.6 Å². The minimum atomic E-state index is -0.492. The van der Waals surface area contributed by atoms with E-state index in [9.17, 15) is 14.9 Å². The molecule has 150 valence electrons. The van der Waals surface area contributed by atoms with Gasteiger partial charge in [-0.15, -0.1) is 0 Å². The number of carbonyl (C=O) groups excluding carboxylic acids is 1. The molecule has 0 atom stereocenters. The number of non-ortho nitro benzene ring substituents is 1. The summed E-state index contributed by atoms with van der Waals surface area (Å²) in [6, 6.07) is 16.9. The summed E-state index contributed by atoms with van der Waals surface area (Å²) >= 11 is 0. The molecule has 0 aliphatic carbocycles. The second-order valence-corrected chi connectivity index (χ2v) is 7.50. The summed E-state index contributed by atoms with van der Waals surface area (Å²) in [5, 5.41) is 18.2. The Morgan fingerprint density at radius 2 is 1.79 bits per heavy atom. The van der Waals surface area contributed by atoms with Crippen molar-refractivity contribution in [3.63, 3.8) is 0 Å². The van der Waals surface area contributed by atoms with Crippen LogP contribution in [0.15, 0.2) is 60.7 Å². The number of benzene rings is 2. The number of amides is 1. The molecule has 0 aliphatic rings. The summed E-state index contributed by atoms with van der Waals surface area (Å²) < 4.78 is 7.11. The fourth-order valence-corrected chi connectivity index (χ4v) is 2.59. The van der Waals surface area contributed by atoms with Gasteiger partial charge in [0.1, 0.15) is 11.6 Å². The van der Waals surface area contributed by atoms with Crippen LogP contribution >= 0.6 is 0 Å². The van der Waals surface area contributed by atoms with E-state index >= 15 is 0 Å². The smallest absolute Gasteiger partial charge is 0.269 e. The van der Waals surface area contributed by atoms with Gasteiger partial charge in [0.15, 0.2) is 6.61 Å². The van der Waals surface area contributed by atoms with Crippen molar-refractivity contribution in [2.75, 3.05) is 11.9 Å². The van der Waals surface area contributed by atoms with Crippen molar-refractivity contribution in [2.24, 2.45) is 0 Å². The van der Waals surface area contributed by atoms with Gasteiger partial charge < -0.3 is 10.1 Å². The first-order valence-electron chi connectivity index (χ1n) is 9.07. The van der Waals surface area contributed by atoms with Crippen molar-refractivity contribution in [1.82, 2.24) is 9.78 Å². The van der Waals surface area contributed by atoms with Gasteiger partial charge in [-0.3, -0.25) is 14.9 Å². The maximum atomic E-state index is 12.4. The van der Waals surface area contributed by atoms with Crippen LogP contribution in [-0.4, -0.2) is 27.2 Å². The van der Waals surface area contributed by atoms with E-state index < -0.39 is 4.92 Å². The molecule has 0 bridgehead atoms. The fourth-order valence-electron chi connectivity index (χ4n) is 2.59. The highest BCUT2D eigenvalue weighted by molar-refractivity contribution is 5.91. The number of nitro groups is 1. The molecule has 1 heterocycles. The Hall–Kier alpha value is -3.68. The van der Waals surface area contributed by atoms with Crippen molar-refractivity contribution >= 4 is 17.4 Å². The molecular weight excluding hydrogens is 372 g/mol. The SMILES string of the molecule is CC(C)(C)c1cc(NC(=O)COc2ccc([N+](=O)[O-])cc2)n(-c2ccccc2)n1. The molecule has 3 rings (SSSR count). The molecule has 1 amide bonds. The van der Waals surface area contributed by atoms with Crippen LogP contribution in [0.3, 0.4) is 0 Å². The average Bonchev–Trinajstić information content (AvgIpc) is 3.11. The standard InChI is InChI=1S/C21H22N4O4/c1-21(2,3)18-13-19(24(23-18)15-7-5-4-6-8-15)22-20(26)14-29-17-11-9-16(10-12-17)25(27)28/h4-13H,14H2,1-3H3,(H,22,26). The van der Waals surface area contributed by atoms with Crippen LogP contribution in [0.1, 0.15) is 26.5 Å². The van der Waals surface area contributed by atoms with Crippen molar-refractivity contribution < 1.29 is 14.5 Å². The Labute approximate surface area is 168 Å². The highest BCUT2D eigenvalue weighted by Gasteiger charge is 2.21. The molecule has 2 aromatic carbocycles. The lowest BCUT2D eigenvalue weighted by atomic mass is 9.92. The Bertz CT molecular complexity index is 1010. The summed E-state index contributed by atoms with van der Waals surface area (Å²) in [4.78, 5) is 22.6. The fraction of sp³-hybridized carbons (Fsp3) is 0.238. The maximum absolute atomic E-state index is 12.4. The van der Waals surface area contributed by atoms with Crippen LogP contribution in [0.5, 0.6) is 5.75 Å². The molecule has 3 aromatic rings. The molecule has 0 fully saturated rings. The first-order chi connectivity index (χ1) is 13.7. The Kier molecular flexibility index (Phi) is 5.63. The monoisotopic (exact) mass is 394 g/mol. The minimum Gasteiger partial charge on any atom is -0.484 e. The molecule has 0 saturated heterocycles. The first kappa shape index (κ1) is 20.1. The lowest BCUT2D eigenvalue weighted by Crippen LogP contribution is -2.21. The van der Waals surface area contributed by atoms with Crippen LogP contribution in [-0.2, 0) is 10.2 Å². The molecule has 29 heavy (non-hydrogen) atoms. The molecule has 0 unspecified atom stereocenters. The molecule has 8 nitrogen and oxygen atoms in total. The summed E-state index contributed by atoms with van der Waals surface area (Å²) in [5.74, 6) is 0.553. The normalized spacial score (nSPS) is 11.1. The molecule has 0 radical (unpaired) electrons. The summed E-state index contributed by atoms with van der Waals surface area (Å²) in [6.07, 6.45) is 0. The molecular formula is C21H22N4O4. The van der Waals surface area contributed by atoms with Gasteiger partial charge >= 0.3 is 0 Å². The van der Waals surface area contributed by atoms with Crippen molar-refractivity contribution in [2.45, 2.75) is 26.2 Å². The number of ether oxygens (including phenoxy) is 1. The topological polar surface area (TPSA) is 99.3 Å². The van der Waals surface area contributed by atoms with Gasteiger partial charge in [-0.25, -0.2) is 4.68 Å². The van der Waals surface area contributed by atoms with Gasteiger partial charge in [0, 0.05) is 23.6 Å². The zero-order chi connectivity index (χ0) is 21.0. The second kappa shape index (κ2) is 8.14. The number of carbonyl (C=O) groups is 1. The number of nitrogens with one attached hydrogen (secondary N) is 1. The number of anilines is 1. The molecule has 0 spiro atoms. The predicted molar refractivity (Wildman–Crippen MR) is 109 cm³/mol. The number of nitro benzene ring substituents is 1. The summed E-state index contributed by atoms with van der Waals surface area (Å²) in [7, 11) is 0.